The lowest BCUT2D eigenvalue weighted by Crippen LogP contribution is -1.98. The molecule has 234 valence electrons. The molecular weight excluding hydrogens is 611 g/mol. The largest absolute Gasteiger partial charge is 0.456 e. The highest BCUT2D eigenvalue weighted by Crippen LogP contribution is 2.41. The zero-order valence-electron chi connectivity index (χ0n) is 27.0. The van der Waals surface area contributed by atoms with Crippen molar-refractivity contribution in [2.45, 2.75) is 0 Å². The van der Waals surface area contributed by atoms with Gasteiger partial charge in [0.25, 0.3) is 0 Å². The molecule has 10 rings (SSSR count). The van der Waals surface area contributed by atoms with Gasteiger partial charge in [-0.2, -0.15) is 0 Å². The minimum Gasteiger partial charge on any atom is -0.456 e. The predicted octanol–water partition coefficient (Wildman–Crippen LogP) is 12.1. The van der Waals surface area contributed by atoms with Gasteiger partial charge in [-0.1, -0.05) is 140 Å². The van der Waals surface area contributed by atoms with E-state index in [0.29, 0.717) is 5.82 Å². The van der Waals surface area contributed by atoms with E-state index >= 15 is 0 Å². The zero-order chi connectivity index (χ0) is 33.0. The molecular formula is C46H29N3O. The monoisotopic (exact) mass is 639 g/mol. The lowest BCUT2D eigenvalue weighted by atomic mass is 9.98. The van der Waals surface area contributed by atoms with Crippen LogP contribution in [0.1, 0.15) is 0 Å². The van der Waals surface area contributed by atoms with Gasteiger partial charge in [0.15, 0.2) is 5.82 Å². The number of para-hydroxylation sites is 3. The molecule has 0 bridgehead atoms. The fourth-order valence-electron chi connectivity index (χ4n) is 7.25. The number of rotatable bonds is 5. The van der Waals surface area contributed by atoms with E-state index in [1.807, 2.05) is 48.5 Å². The van der Waals surface area contributed by atoms with Gasteiger partial charge in [0.1, 0.15) is 11.2 Å². The highest BCUT2D eigenvalue weighted by atomic mass is 16.3. The molecule has 0 aliphatic rings. The Morgan fingerprint density at radius 2 is 0.900 bits per heavy atom. The molecule has 0 amide bonds. The molecule has 10 aromatic rings. The average Bonchev–Trinajstić information content (AvgIpc) is 3.73. The van der Waals surface area contributed by atoms with Crippen molar-refractivity contribution in [3.8, 4) is 50.7 Å². The van der Waals surface area contributed by atoms with Gasteiger partial charge < -0.3 is 8.98 Å². The van der Waals surface area contributed by atoms with E-state index in [0.717, 1.165) is 77.9 Å². The van der Waals surface area contributed by atoms with Gasteiger partial charge in [-0.15, -0.1) is 0 Å². The van der Waals surface area contributed by atoms with E-state index in [-0.39, 0.29) is 0 Å². The van der Waals surface area contributed by atoms with E-state index in [2.05, 4.69) is 132 Å². The normalized spacial score (nSPS) is 11.6. The maximum absolute atomic E-state index is 6.45. The summed E-state index contributed by atoms with van der Waals surface area (Å²) in [7, 11) is 0. The quantitative estimate of drug-likeness (QED) is 0.188. The van der Waals surface area contributed by atoms with Gasteiger partial charge >= 0.3 is 0 Å². The molecule has 0 saturated carbocycles. The Morgan fingerprint density at radius 1 is 0.380 bits per heavy atom. The standard InChI is InChI=1S/C46H29N3O/c1-3-13-31(14-4-1)39-28-40(32-15-5-2-6-16-32)48-46(47-39)33-25-23-30(24-26-33)37-27-38-36-19-9-12-22-44(36)50-45(38)29-43(37)49-41-20-10-7-17-34(41)35-18-8-11-21-42(35)49/h1-29H. The van der Waals surface area contributed by atoms with Crippen LogP contribution in [0.2, 0.25) is 0 Å². The third-order valence-electron chi connectivity index (χ3n) is 9.64. The average molecular weight is 640 g/mol. The van der Waals surface area contributed by atoms with Gasteiger partial charge in [-0.3, -0.25) is 0 Å². The van der Waals surface area contributed by atoms with Crippen LogP contribution >= 0.6 is 0 Å². The summed E-state index contributed by atoms with van der Waals surface area (Å²) >= 11 is 0. The second-order valence-corrected chi connectivity index (χ2v) is 12.6. The minimum atomic E-state index is 0.690. The van der Waals surface area contributed by atoms with Gasteiger partial charge in [0.05, 0.1) is 28.1 Å². The van der Waals surface area contributed by atoms with Crippen molar-refractivity contribution >= 4 is 43.7 Å². The highest BCUT2D eigenvalue weighted by molar-refractivity contribution is 6.12. The van der Waals surface area contributed by atoms with Crippen LogP contribution < -0.4 is 0 Å². The van der Waals surface area contributed by atoms with E-state index in [1.54, 1.807) is 0 Å². The van der Waals surface area contributed by atoms with Crippen molar-refractivity contribution in [1.29, 1.82) is 0 Å². The summed E-state index contributed by atoms with van der Waals surface area (Å²) < 4.78 is 8.82. The molecule has 0 fully saturated rings. The van der Waals surface area contributed by atoms with Crippen molar-refractivity contribution in [2.75, 3.05) is 0 Å². The van der Waals surface area contributed by atoms with Crippen LogP contribution in [0.3, 0.4) is 0 Å². The molecule has 0 atom stereocenters. The van der Waals surface area contributed by atoms with Crippen LogP contribution in [0.25, 0.3) is 94.5 Å². The van der Waals surface area contributed by atoms with E-state index in [9.17, 15) is 0 Å². The summed E-state index contributed by atoms with van der Waals surface area (Å²) in [6.45, 7) is 0. The number of furan rings is 1. The fourth-order valence-corrected chi connectivity index (χ4v) is 7.25. The molecule has 0 saturated heterocycles. The smallest absolute Gasteiger partial charge is 0.160 e. The summed E-state index contributed by atoms with van der Waals surface area (Å²) in [4.78, 5) is 10.1. The van der Waals surface area contributed by atoms with Crippen molar-refractivity contribution in [1.82, 2.24) is 14.5 Å². The number of benzene rings is 7. The second kappa shape index (κ2) is 11.4. The summed E-state index contributed by atoms with van der Waals surface area (Å²) in [5, 5.41) is 4.64. The Morgan fingerprint density at radius 3 is 1.52 bits per heavy atom. The first kappa shape index (κ1) is 28.3. The molecule has 4 nitrogen and oxygen atoms in total. The number of aromatic nitrogens is 3. The number of nitrogens with zero attached hydrogens (tertiary/aromatic N) is 3. The molecule has 7 aromatic carbocycles. The van der Waals surface area contributed by atoms with Gasteiger partial charge in [-0.05, 0) is 35.9 Å². The number of hydrogen-bond donors (Lipinski definition) is 0. The summed E-state index contributed by atoms with van der Waals surface area (Å²) in [6.07, 6.45) is 0. The highest BCUT2D eigenvalue weighted by Gasteiger charge is 2.19. The Bertz CT molecular complexity index is 2740. The van der Waals surface area contributed by atoms with Crippen molar-refractivity contribution in [3.63, 3.8) is 0 Å². The van der Waals surface area contributed by atoms with Crippen molar-refractivity contribution < 1.29 is 4.42 Å². The van der Waals surface area contributed by atoms with Gasteiger partial charge in [0, 0.05) is 49.9 Å². The summed E-state index contributed by atoms with van der Waals surface area (Å²) in [6, 6.07) is 61.4. The number of hydrogen-bond acceptors (Lipinski definition) is 3. The lowest BCUT2D eigenvalue weighted by molar-refractivity contribution is 0.668. The lowest BCUT2D eigenvalue weighted by Gasteiger charge is -2.15. The fraction of sp³-hybridized carbons (Fsp3) is 0. The minimum absolute atomic E-state index is 0.690. The van der Waals surface area contributed by atoms with Crippen LogP contribution in [0.15, 0.2) is 180 Å². The zero-order valence-corrected chi connectivity index (χ0v) is 27.0. The topological polar surface area (TPSA) is 43.9 Å². The van der Waals surface area contributed by atoms with Crippen LogP contribution in [0, 0.1) is 0 Å². The maximum atomic E-state index is 6.45. The van der Waals surface area contributed by atoms with Crippen molar-refractivity contribution in [2.24, 2.45) is 0 Å². The van der Waals surface area contributed by atoms with E-state index in [1.165, 1.54) is 10.8 Å². The molecule has 0 radical (unpaired) electrons. The third kappa shape index (κ3) is 4.61. The van der Waals surface area contributed by atoms with Crippen LogP contribution in [0.4, 0.5) is 0 Å². The van der Waals surface area contributed by atoms with Gasteiger partial charge in [-0.25, -0.2) is 9.97 Å². The molecule has 50 heavy (non-hydrogen) atoms. The molecule has 0 aliphatic heterocycles. The molecule has 0 aliphatic carbocycles. The molecule has 0 spiro atoms. The number of fused-ring (bicyclic) bond motifs is 6. The van der Waals surface area contributed by atoms with Crippen molar-refractivity contribution in [3.05, 3.63) is 176 Å². The summed E-state index contributed by atoms with van der Waals surface area (Å²) in [5.74, 6) is 0.690. The first-order chi connectivity index (χ1) is 24.8. The van der Waals surface area contributed by atoms with E-state index in [4.69, 9.17) is 14.4 Å². The first-order valence-electron chi connectivity index (χ1n) is 16.8. The summed E-state index contributed by atoms with van der Waals surface area (Å²) in [5.41, 5.74) is 12.2. The molecule has 3 heterocycles. The van der Waals surface area contributed by atoms with Crippen LogP contribution in [0.5, 0.6) is 0 Å². The van der Waals surface area contributed by atoms with Crippen LogP contribution in [-0.2, 0) is 0 Å². The SMILES string of the molecule is c1ccc(-c2cc(-c3ccccc3)nc(-c3ccc(-c4cc5c(cc4-n4c6ccccc6c6ccccc64)oc4ccccc45)cc3)n2)cc1. The Balaban J connectivity index is 1.18. The van der Waals surface area contributed by atoms with Crippen LogP contribution in [-0.4, -0.2) is 14.5 Å². The molecule has 4 heteroatoms. The predicted molar refractivity (Wildman–Crippen MR) is 205 cm³/mol. The third-order valence-corrected chi connectivity index (χ3v) is 9.64. The van der Waals surface area contributed by atoms with E-state index < -0.39 is 0 Å². The molecule has 3 aromatic heterocycles. The second-order valence-electron chi connectivity index (χ2n) is 12.6. The Kier molecular flexibility index (Phi) is 6.46. The maximum Gasteiger partial charge on any atom is 0.160 e. The Labute approximate surface area is 288 Å². The Hall–Kier alpha value is -6.78. The molecule has 0 unspecified atom stereocenters. The van der Waals surface area contributed by atoms with Gasteiger partial charge in [0.2, 0.25) is 0 Å². The first-order valence-corrected chi connectivity index (χ1v) is 16.8. The molecule has 0 N–H and O–H groups in total.